The smallest absolute Gasteiger partial charge is 0.268 e. The summed E-state index contributed by atoms with van der Waals surface area (Å²) in [6, 6.07) is 6.91. The Kier molecular flexibility index (Phi) is 4.34. The molecule has 1 saturated heterocycles. The van der Waals surface area contributed by atoms with Gasteiger partial charge in [-0.2, -0.15) is 0 Å². The number of hydroxylamine groups is 2. The number of likely N-dealkylation sites (N-methyl/N-ethyl adjacent to an activating group) is 1. The Balaban J connectivity index is 1.76. The fraction of sp³-hybridized carbons (Fsp3) is 0.421. The summed E-state index contributed by atoms with van der Waals surface area (Å²) in [7, 11) is 2.02. The Morgan fingerprint density at radius 2 is 2.12 bits per heavy atom. The molecule has 26 heavy (non-hydrogen) atoms. The largest absolute Gasteiger partial charge is 0.340 e. The van der Waals surface area contributed by atoms with Crippen molar-refractivity contribution < 1.29 is 14.8 Å². The van der Waals surface area contributed by atoms with Crippen LogP contribution >= 0.6 is 0 Å². The molecular weight excluding hydrogens is 332 g/mol. The van der Waals surface area contributed by atoms with Crippen molar-refractivity contribution in [1.82, 2.24) is 20.3 Å². The van der Waals surface area contributed by atoms with Gasteiger partial charge in [-0.05, 0) is 26.0 Å². The average molecular weight is 354 g/mol. The first-order valence-corrected chi connectivity index (χ1v) is 8.95. The number of rotatable bonds is 2. The minimum atomic E-state index is -0.690. The van der Waals surface area contributed by atoms with Crippen molar-refractivity contribution >= 4 is 22.7 Å². The summed E-state index contributed by atoms with van der Waals surface area (Å²) < 4.78 is 0. The fourth-order valence-electron chi connectivity index (χ4n) is 3.81. The van der Waals surface area contributed by atoms with Gasteiger partial charge in [0.2, 0.25) is 0 Å². The predicted octanol–water partition coefficient (Wildman–Crippen LogP) is 1.33. The van der Waals surface area contributed by atoms with Gasteiger partial charge < -0.3 is 10.2 Å². The monoisotopic (exact) mass is 354 g/mol. The van der Waals surface area contributed by atoms with Gasteiger partial charge in [0.25, 0.3) is 11.8 Å². The van der Waals surface area contributed by atoms with E-state index < -0.39 is 11.9 Å². The lowest BCUT2D eigenvalue weighted by Crippen LogP contribution is -2.51. The molecule has 1 atom stereocenters. The Morgan fingerprint density at radius 3 is 2.96 bits per heavy atom. The normalized spacial score (nSPS) is 20.9. The van der Waals surface area contributed by atoms with Crippen LogP contribution in [0.1, 0.15) is 34.5 Å². The van der Waals surface area contributed by atoms with Crippen LogP contribution in [0.25, 0.3) is 10.9 Å². The zero-order valence-electron chi connectivity index (χ0n) is 14.7. The quantitative estimate of drug-likeness (QED) is 0.795. The van der Waals surface area contributed by atoms with Gasteiger partial charge >= 0.3 is 0 Å². The number of pyridine rings is 1. The average Bonchev–Trinajstić information content (AvgIpc) is 2.63. The molecule has 136 valence electrons. The summed E-state index contributed by atoms with van der Waals surface area (Å²) in [4.78, 5) is 32.2. The van der Waals surface area contributed by atoms with Crippen LogP contribution in [-0.4, -0.2) is 58.1 Å². The van der Waals surface area contributed by atoms with E-state index in [0.717, 1.165) is 35.1 Å². The molecule has 1 aromatic heterocycles. The summed E-state index contributed by atoms with van der Waals surface area (Å²) in [6.07, 6.45) is 1.99. The van der Waals surface area contributed by atoms with Gasteiger partial charge in [-0.3, -0.25) is 19.8 Å². The lowest BCUT2D eigenvalue weighted by Gasteiger charge is -2.30. The Hall–Kier alpha value is -2.51. The van der Waals surface area contributed by atoms with Crippen LogP contribution in [0.5, 0.6) is 0 Å². The molecule has 7 heteroatoms. The maximum absolute atomic E-state index is 13.1. The minimum absolute atomic E-state index is 0.274. The van der Waals surface area contributed by atoms with E-state index in [9.17, 15) is 14.8 Å². The molecule has 0 saturated carbocycles. The van der Waals surface area contributed by atoms with Crippen molar-refractivity contribution in [1.29, 1.82) is 0 Å². The summed E-state index contributed by atoms with van der Waals surface area (Å²) in [6.45, 7) is 1.87. The summed E-state index contributed by atoms with van der Waals surface area (Å²) >= 11 is 0. The highest BCUT2D eigenvalue weighted by molar-refractivity contribution is 6.08. The highest BCUT2D eigenvalue weighted by atomic mass is 16.5. The van der Waals surface area contributed by atoms with Crippen LogP contribution in [-0.2, 0) is 17.8 Å². The molecule has 2 amide bonds. The zero-order chi connectivity index (χ0) is 18.3. The second-order valence-corrected chi connectivity index (χ2v) is 7.05. The first kappa shape index (κ1) is 16.9. The highest BCUT2D eigenvalue weighted by Crippen LogP contribution is 2.28. The molecule has 1 fully saturated rings. The van der Waals surface area contributed by atoms with Crippen LogP contribution in [0.3, 0.4) is 0 Å². The van der Waals surface area contributed by atoms with Crippen molar-refractivity contribution in [2.75, 3.05) is 20.1 Å². The van der Waals surface area contributed by atoms with Gasteiger partial charge in [-0.1, -0.05) is 18.2 Å². The highest BCUT2D eigenvalue weighted by Gasteiger charge is 2.31. The van der Waals surface area contributed by atoms with E-state index in [1.807, 2.05) is 31.3 Å². The number of carbonyl (C=O) groups is 2. The summed E-state index contributed by atoms with van der Waals surface area (Å²) in [5, 5.41) is 14.0. The maximum Gasteiger partial charge on any atom is 0.268 e. The second-order valence-electron chi connectivity index (χ2n) is 7.05. The molecular formula is C19H22N4O3. The van der Waals surface area contributed by atoms with Crippen molar-refractivity contribution in [2.24, 2.45) is 0 Å². The topological polar surface area (TPSA) is 85.8 Å². The number of para-hydroxylation sites is 1. The van der Waals surface area contributed by atoms with Crippen LogP contribution in [0, 0.1) is 0 Å². The van der Waals surface area contributed by atoms with Crippen LogP contribution in [0.2, 0.25) is 0 Å². The minimum Gasteiger partial charge on any atom is -0.340 e. The van der Waals surface area contributed by atoms with Crippen LogP contribution in [0.15, 0.2) is 24.3 Å². The third-order valence-electron chi connectivity index (χ3n) is 5.18. The molecule has 0 bridgehead atoms. The number of hydrogen-bond donors (Lipinski definition) is 2. The van der Waals surface area contributed by atoms with E-state index in [-0.39, 0.29) is 5.91 Å². The SMILES string of the molecule is CN1CCc2nc3ccccc3c(C(=O)NC3CCCN(O)C3=O)c2C1. The molecule has 1 aromatic carbocycles. The maximum atomic E-state index is 13.1. The number of nitrogens with one attached hydrogen (secondary N) is 1. The van der Waals surface area contributed by atoms with Crippen molar-refractivity contribution in [3.8, 4) is 0 Å². The van der Waals surface area contributed by atoms with Gasteiger partial charge in [-0.15, -0.1) is 0 Å². The van der Waals surface area contributed by atoms with Gasteiger partial charge in [0.15, 0.2) is 0 Å². The number of carbonyl (C=O) groups excluding carboxylic acids is 2. The van der Waals surface area contributed by atoms with Crippen molar-refractivity contribution in [3.63, 3.8) is 0 Å². The molecule has 2 aliphatic rings. The standard InChI is InChI=1S/C19H22N4O3/c1-22-10-8-15-13(11-22)17(12-5-2-3-6-14(12)20-15)18(24)21-16-7-4-9-23(26)19(16)25/h2-3,5-6,16,26H,4,7-11H2,1H3,(H,21,24). The summed E-state index contributed by atoms with van der Waals surface area (Å²) in [5.41, 5.74) is 3.27. The molecule has 2 N–H and O–H groups in total. The molecule has 0 aliphatic carbocycles. The third-order valence-corrected chi connectivity index (χ3v) is 5.18. The van der Waals surface area contributed by atoms with Crippen molar-refractivity contribution in [3.05, 3.63) is 41.1 Å². The summed E-state index contributed by atoms with van der Waals surface area (Å²) in [5.74, 6) is -0.724. The Bertz CT molecular complexity index is 882. The number of benzene rings is 1. The first-order chi connectivity index (χ1) is 12.5. The van der Waals surface area contributed by atoms with E-state index >= 15 is 0 Å². The molecule has 0 radical (unpaired) electrons. The van der Waals surface area contributed by atoms with Crippen LogP contribution < -0.4 is 5.32 Å². The number of hydrogen-bond acceptors (Lipinski definition) is 5. The third kappa shape index (κ3) is 2.93. The molecule has 3 heterocycles. The molecule has 2 aromatic rings. The van der Waals surface area contributed by atoms with Crippen LogP contribution in [0.4, 0.5) is 0 Å². The van der Waals surface area contributed by atoms with Gasteiger partial charge in [0, 0.05) is 42.7 Å². The lowest BCUT2D eigenvalue weighted by molar-refractivity contribution is -0.172. The fourth-order valence-corrected chi connectivity index (χ4v) is 3.81. The molecule has 7 nitrogen and oxygen atoms in total. The molecule has 0 spiro atoms. The van der Waals surface area contributed by atoms with E-state index in [0.29, 0.717) is 36.6 Å². The van der Waals surface area contributed by atoms with Gasteiger partial charge in [-0.25, -0.2) is 5.06 Å². The van der Waals surface area contributed by atoms with E-state index in [1.54, 1.807) is 0 Å². The first-order valence-electron chi connectivity index (χ1n) is 8.95. The molecule has 1 unspecified atom stereocenters. The van der Waals surface area contributed by atoms with E-state index in [1.165, 1.54) is 0 Å². The number of nitrogens with zero attached hydrogens (tertiary/aromatic N) is 3. The lowest BCUT2D eigenvalue weighted by atomic mass is 9.95. The number of fused-ring (bicyclic) bond motifs is 2. The Labute approximate surface area is 151 Å². The number of amides is 2. The zero-order valence-corrected chi connectivity index (χ0v) is 14.7. The van der Waals surface area contributed by atoms with Crippen molar-refractivity contribution in [2.45, 2.75) is 31.8 Å². The molecule has 4 rings (SSSR count). The number of aromatic nitrogens is 1. The van der Waals surface area contributed by atoms with E-state index in [2.05, 4.69) is 10.2 Å². The van der Waals surface area contributed by atoms with E-state index in [4.69, 9.17) is 4.98 Å². The Morgan fingerprint density at radius 1 is 1.31 bits per heavy atom. The second kappa shape index (κ2) is 6.66. The van der Waals surface area contributed by atoms with Gasteiger partial charge in [0.05, 0.1) is 11.1 Å². The predicted molar refractivity (Wildman–Crippen MR) is 95.8 cm³/mol. The van der Waals surface area contributed by atoms with Gasteiger partial charge in [0.1, 0.15) is 6.04 Å². The molecule has 2 aliphatic heterocycles. The number of piperidine rings is 1.